The van der Waals surface area contributed by atoms with Crippen LogP contribution in [0.3, 0.4) is 0 Å². The van der Waals surface area contributed by atoms with E-state index in [0.29, 0.717) is 25.4 Å². The summed E-state index contributed by atoms with van der Waals surface area (Å²) in [4.78, 5) is 26.8. The largest absolute Gasteiger partial charge is 0.459 e. The number of carbonyl (C=O) groups excluding carboxylic acids is 1. The number of hydrogen-bond donors (Lipinski definition) is 1. The Kier molecular flexibility index (Phi) is 6.27. The first-order chi connectivity index (χ1) is 12.7. The van der Waals surface area contributed by atoms with E-state index in [0.717, 1.165) is 37.0 Å². The molecule has 0 atom stereocenters. The first-order valence-electron chi connectivity index (χ1n) is 8.94. The Morgan fingerprint density at radius 1 is 1.35 bits per heavy atom. The lowest BCUT2D eigenvalue weighted by molar-refractivity contribution is 0.0657. The van der Waals surface area contributed by atoms with E-state index in [9.17, 15) is 4.79 Å². The number of aryl methyl sites for hydroxylation is 1. The van der Waals surface area contributed by atoms with Gasteiger partial charge in [0.05, 0.1) is 11.3 Å². The molecule has 0 spiro atoms. The van der Waals surface area contributed by atoms with E-state index in [-0.39, 0.29) is 5.91 Å². The van der Waals surface area contributed by atoms with E-state index in [1.807, 2.05) is 11.1 Å². The number of carbonyl (C=O) groups is 1. The molecule has 3 heterocycles. The van der Waals surface area contributed by atoms with Crippen LogP contribution in [0.4, 0.5) is 0 Å². The molecule has 0 aliphatic carbocycles. The van der Waals surface area contributed by atoms with Gasteiger partial charge in [-0.25, -0.2) is 4.98 Å². The van der Waals surface area contributed by atoms with E-state index < -0.39 is 0 Å². The van der Waals surface area contributed by atoms with Gasteiger partial charge in [-0.3, -0.25) is 9.79 Å². The Labute approximate surface area is 157 Å². The van der Waals surface area contributed by atoms with Crippen molar-refractivity contribution in [1.82, 2.24) is 20.1 Å². The minimum atomic E-state index is -0.0456. The van der Waals surface area contributed by atoms with Gasteiger partial charge in [0.25, 0.3) is 5.91 Å². The van der Waals surface area contributed by atoms with E-state index in [1.165, 1.54) is 11.1 Å². The van der Waals surface area contributed by atoms with Crippen LogP contribution >= 0.6 is 11.3 Å². The van der Waals surface area contributed by atoms with Crippen molar-refractivity contribution in [2.45, 2.75) is 20.3 Å². The number of guanidine groups is 1. The van der Waals surface area contributed by atoms with Crippen LogP contribution in [0.2, 0.25) is 0 Å². The molecular weight excluding hydrogens is 350 g/mol. The first kappa shape index (κ1) is 18.4. The number of hydrogen-bond acceptors (Lipinski definition) is 5. The van der Waals surface area contributed by atoms with Crippen molar-refractivity contribution in [3.8, 4) is 0 Å². The summed E-state index contributed by atoms with van der Waals surface area (Å²) < 4.78 is 5.21. The second kappa shape index (κ2) is 8.84. The number of nitrogens with one attached hydrogen (secondary N) is 1. The molecule has 1 aliphatic heterocycles. The molecule has 0 aromatic carbocycles. The van der Waals surface area contributed by atoms with Crippen molar-refractivity contribution >= 4 is 23.2 Å². The molecule has 140 valence electrons. The molecule has 8 heteroatoms. The van der Waals surface area contributed by atoms with E-state index in [1.54, 1.807) is 23.5 Å². The summed E-state index contributed by atoms with van der Waals surface area (Å²) in [6, 6.07) is 3.45. The lowest BCUT2D eigenvalue weighted by Gasteiger charge is -2.36. The highest BCUT2D eigenvalue weighted by Crippen LogP contribution is 2.12. The Morgan fingerprint density at radius 3 is 2.73 bits per heavy atom. The molecule has 3 rings (SSSR count). The molecular formula is C18H25N5O2S. The Morgan fingerprint density at radius 2 is 2.12 bits per heavy atom. The molecule has 1 amide bonds. The number of amides is 1. The lowest BCUT2D eigenvalue weighted by Crippen LogP contribution is -2.53. The summed E-state index contributed by atoms with van der Waals surface area (Å²) >= 11 is 1.72. The average molecular weight is 375 g/mol. The van der Waals surface area contributed by atoms with Crippen LogP contribution < -0.4 is 5.32 Å². The number of aliphatic imine (C=N–C) groups is 1. The standard InChI is InChI=1S/C18H25N5O2S/c1-3-19-18(20-7-6-16-21-13-14(2)26-16)23-10-8-22(9-11-23)17(24)15-5-4-12-25-15/h4-5,12-13H,3,6-11H2,1-2H3,(H,19,20). The summed E-state index contributed by atoms with van der Waals surface area (Å²) in [5.74, 6) is 1.26. The monoisotopic (exact) mass is 375 g/mol. The predicted molar refractivity (Wildman–Crippen MR) is 103 cm³/mol. The van der Waals surface area contributed by atoms with Crippen LogP contribution in [-0.2, 0) is 6.42 Å². The summed E-state index contributed by atoms with van der Waals surface area (Å²) in [7, 11) is 0. The molecule has 1 fully saturated rings. The number of rotatable bonds is 5. The average Bonchev–Trinajstić information content (AvgIpc) is 3.32. The summed E-state index contributed by atoms with van der Waals surface area (Å²) in [5.41, 5.74) is 0. The van der Waals surface area contributed by atoms with E-state index >= 15 is 0 Å². The van der Waals surface area contributed by atoms with E-state index in [4.69, 9.17) is 9.41 Å². The van der Waals surface area contributed by atoms with Gasteiger partial charge in [0, 0.05) is 56.8 Å². The van der Waals surface area contributed by atoms with Crippen LogP contribution in [0, 0.1) is 6.92 Å². The number of thiazole rings is 1. The highest BCUT2D eigenvalue weighted by atomic mass is 32.1. The number of piperazine rings is 1. The van der Waals surface area contributed by atoms with Gasteiger partial charge in [0.1, 0.15) is 0 Å². The number of nitrogens with zero attached hydrogens (tertiary/aromatic N) is 4. The van der Waals surface area contributed by atoms with Gasteiger partial charge in [-0.05, 0) is 26.0 Å². The maximum atomic E-state index is 12.4. The second-order valence-corrected chi connectivity index (χ2v) is 7.43. The summed E-state index contributed by atoms with van der Waals surface area (Å²) in [6.07, 6.45) is 4.29. The quantitative estimate of drug-likeness (QED) is 0.639. The van der Waals surface area contributed by atoms with Crippen molar-refractivity contribution < 1.29 is 9.21 Å². The topological polar surface area (TPSA) is 74.0 Å². The van der Waals surface area contributed by atoms with Gasteiger partial charge in [0.2, 0.25) is 0 Å². The normalized spacial score (nSPS) is 15.4. The molecule has 2 aromatic heterocycles. The second-order valence-electron chi connectivity index (χ2n) is 6.11. The first-order valence-corrected chi connectivity index (χ1v) is 9.76. The molecule has 1 saturated heterocycles. The number of furan rings is 1. The molecule has 0 radical (unpaired) electrons. The molecule has 2 aromatic rings. The predicted octanol–water partition coefficient (Wildman–Crippen LogP) is 2.01. The van der Waals surface area contributed by atoms with Crippen LogP contribution in [0.1, 0.15) is 27.4 Å². The zero-order valence-corrected chi connectivity index (χ0v) is 16.1. The number of aromatic nitrogens is 1. The van der Waals surface area contributed by atoms with Crippen molar-refractivity contribution in [3.63, 3.8) is 0 Å². The summed E-state index contributed by atoms with van der Waals surface area (Å²) in [5, 5.41) is 4.47. The van der Waals surface area contributed by atoms with Gasteiger partial charge in [-0.2, -0.15) is 0 Å². The van der Waals surface area contributed by atoms with Crippen LogP contribution in [0.5, 0.6) is 0 Å². The summed E-state index contributed by atoms with van der Waals surface area (Å²) in [6.45, 7) is 8.50. The molecule has 7 nitrogen and oxygen atoms in total. The molecule has 1 N–H and O–H groups in total. The fourth-order valence-corrected chi connectivity index (χ4v) is 3.65. The Balaban J connectivity index is 1.54. The third kappa shape index (κ3) is 4.63. The van der Waals surface area contributed by atoms with Crippen molar-refractivity contribution in [1.29, 1.82) is 0 Å². The third-order valence-electron chi connectivity index (χ3n) is 4.19. The van der Waals surface area contributed by atoms with Crippen LogP contribution in [-0.4, -0.2) is 65.9 Å². The van der Waals surface area contributed by atoms with E-state index in [2.05, 4.69) is 29.0 Å². The van der Waals surface area contributed by atoms with Crippen molar-refractivity contribution in [2.75, 3.05) is 39.3 Å². The van der Waals surface area contributed by atoms with Crippen LogP contribution in [0.25, 0.3) is 0 Å². The lowest BCUT2D eigenvalue weighted by atomic mass is 10.3. The highest BCUT2D eigenvalue weighted by molar-refractivity contribution is 7.11. The van der Waals surface area contributed by atoms with Crippen LogP contribution in [0.15, 0.2) is 34.0 Å². The van der Waals surface area contributed by atoms with Crippen molar-refractivity contribution in [3.05, 3.63) is 40.2 Å². The molecule has 1 aliphatic rings. The smallest absolute Gasteiger partial charge is 0.289 e. The third-order valence-corrected chi connectivity index (χ3v) is 5.16. The minimum Gasteiger partial charge on any atom is -0.459 e. The SMILES string of the molecule is CCNC(=NCCc1ncc(C)s1)N1CCN(C(=O)c2ccco2)CC1. The molecule has 0 saturated carbocycles. The zero-order valence-electron chi connectivity index (χ0n) is 15.3. The molecule has 0 bridgehead atoms. The fourth-order valence-electron chi connectivity index (χ4n) is 2.88. The highest BCUT2D eigenvalue weighted by Gasteiger charge is 2.25. The van der Waals surface area contributed by atoms with Crippen molar-refractivity contribution in [2.24, 2.45) is 4.99 Å². The Hall–Kier alpha value is -2.35. The molecule has 0 unspecified atom stereocenters. The van der Waals surface area contributed by atoms with Gasteiger partial charge < -0.3 is 19.5 Å². The Bertz CT molecular complexity index is 733. The van der Waals surface area contributed by atoms with Gasteiger partial charge in [0.15, 0.2) is 11.7 Å². The van der Waals surface area contributed by atoms with Gasteiger partial charge in [-0.15, -0.1) is 11.3 Å². The maximum Gasteiger partial charge on any atom is 0.289 e. The minimum absolute atomic E-state index is 0.0456. The maximum absolute atomic E-state index is 12.4. The fraction of sp³-hybridized carbons (Fsp3) is 0.500. The molecule has 26 heavy (non-hydrogen) atoms. The van der Waals surface area contributed by atoms with Gasteiger partial charge >= 0.3 is 0 Å². The van der Waals surface area contributed by atoms with Gasteiger partial charge in [-0.1, -0.05) is 0 Å². The zero-order chi connectivity index (χ0) is 18.4.